The van der Waals surface area contributed by atoms with Gasteiger partial charge in [0.15, 0.2) is 5.13 Å². The quantitative estimate of drug-likeness (QED) is 0.443. The number of hydrogen-bond acceptors (Lipinski definition) is 5. The summed E-state index contributed by atoms with van der Waals surface area (Å²) >= 11 is 1.37. The first kappa shape index (κ1) is 20.1. The van der Waals surface area contributed by atoms with E-state index in [-0.39, 0.29) is 37.1 Å². The summed E-state index contributed by atoms with van der Waals surface area (Å²) in [5.74, 6) is -0.565. The molecule has 2 N–H and O–H groups in total. The predicted octanol–water partition coefficient (Wildman–Crippen LogP) is 4.50. The lowest BCUT2D eigenvalue weighted by Crippen LogP contribution is -2.28. The topological polar surface area (TPSA) is 95.2 Å². The number of thiazole rings is 1. The first-order chi connectivity index (χ1) is 15.5. The molecule has 0 atom stereocenters. The van der Waals surface area contributed by atoms with Gasteiger partial charge >= 0.3 is 0 Å². The molecule has 1 aliphatic rings. The number of nitrogens with zero attached hydrogens (tertiary/aromatic N) is 2. The summed E-state index contributed by atoms with van der Waals surface area (Å²) in [5, 5.41) is 6.41. The number of anilines is 1. The number of rotatable bonds is 5. The van der Waals surface area contributed by atoms with Crippen molar-refractivity contribution in [2.24, 2.45) is 0 Å². The Morgan fingerprint density at radius 1 is 1.09 bits per heavy atom. The van der Waals surface area contributed by atoms with E-state index >= 15 is 0 Å². The van der Waals surface area contributed by atoms with E-state index in [9.17, 15) is 14.4 Å². The molecule has 0 aliphatic carbocycles. The van der Waals surface area contributed by atoms with Gasteiger partial charge < -0.3 is 4.98 Å². The molecule has 0 unspecified atom stereocenters. The smallest absolute Gasteiger partial charge is 0.257 e. The van der Waals surface area contributed by atoms with E-state index in [1.54, 1.807) is 24.3 Å². The van der Waals surface area contributed by atoms with E-state index in [2.05, 4.69) is 21.4 Å². The van der Waals surface area contributed by atoms with Crippen LogP contribution in [-0.4, -0.2) is 32.6 Å². The fourth-order valence-corrected chi connectivity index (χ4v) is 4.66. The zero-order valence-corrected chi connectivity index (χ0v) is 18.2. The number of fused-ring (bicyclic) bond motifs is 1. The maximum absolute atomic E-state index is 12.7. The monoisotopic (exact) mass is 444 g/mol. The normalized spacial score (nSPS) is 13.8. The summed E-state index contributed by atoms with van der Waals surface area (Å²) < 4.78 is 0. The van der Waals surface area contributed by atoms with Gasteiger partial charge in [0.05, 0.1) is 12.2 Å². The highest BCUT2D eigenvalue weighted by Crippen LogP contribution is 2.34. The third-order valence-corrected chi connectivity index (χ3v) is 6.34. The van der Waals surface area contributed by atoms with Crippen LogP contribution in [0.1, 0.15) is 34.5 Å². The SMILES string of the molecule is Cc1[nH]c2ccccc2c1-c1csc(NC(=O)c2ccc(CN3C(=O)CCC3=O)cc2)n1. The van der Waals surface area contributed by atoms with Crippen LogP contribution in [0.5, 0.6) is 0 Å². The van der Waals surface area contributed by atoms with E-state index in [1.165, 1.54) is 16.2 Å². The van der Waals surface area contributed by atoms with E-state index < -0.39 is 0 Å². The molecule has 0 bridgehead atoms. The maximum Gasteiger partial charge on any atom is 0.257 e. The third-order valence-electron chi connectivity index (χ3n) is 5.59. The van der Waals surface area contributed by atoms with Crippen LogP contribution in [0.3, 0.4) is 0 Å². The van der Waals surface area contributed by atoms with Crippen molar-refractivity contribution >= 4 is 45.1 Å². The van der Waals surface area contributed by atoms with Crippen molar-refractivity contribution in [1.29, 1.82) is 0 Å². The summed E-state index contributed by atoms with van der Waals surface area (Å²) in [6.07, 6.45) is 0.542. The number of para-hydroxylation sites is 1. The first-order valence-electron chi connectivity index (χ1n) is 10.3. The fraction of sp³-hybridized carbons (Fsp3) is 0.167. The highest BCUT2D eigenvalue weighted by Gasteiger charge is 2.28. The van der Waals surface area contributed by atoms with Crippen molar-refractivity contribution in [3.05, 3.63) is 70.7 Å². The Morgan fingerprint density at radius 2 is 1.81 bits per heavy atom. The lowest BCUT2D eigenvalue weighted by Gasteiger charge is -2.13. The van der Waals surface area contributed by atoms with Gasteiger partial charge in [0.1, 0.15) is 0 Å². The molecule has 2 aromatic carbocycles. The minimum absolute atomic E-state index is 0.151. The number of aromatic amines is 1. The molecule has 160 valence electrons. The molecular formula is C24H20N4O3S. The Morgan fingerprint density at radius 3 is 2.56 bits per heavy atom. The van der Waals surface area contributed by atoms with E-state index in [1.807, 2.05) is 30.5 Å². The molecule has 0 saturated carbocycles. The van der Waals surface area contributed by atoms with Crippen molar-refractivity contribution in [3.63, 3.8) is 0 Å². The molecule has 2 aromatic heterocycles. The minimum Gasteiger partial charge on any atom is -0.358 e. The molecule has 3 heterocycles. The van der Waals surface area contributed by atoms with Crippen molar-refractivity contribution in [3.8, 4) is 11.3 Å². The highest BCUT2D eigenvalue weighted by molar-refractivity contribution is 7.14. The fourth-order valence-electron chi connectivity index (χ4n) is 3.97. The molecule has 32 heavy (non-hydrogen) atoms. The second kappa shape index (κ2) is 8.05. The zero-order chi connectivity index (χ0) is 22.2. The zero-order valence-electron chi connectivity index (χ0n) is 17.3. The summed E-state index contributed by atoms with van der Waals surface area (Å²) in [6, 6.07) is 15.0. The average molecular weight is 445 g/mol. The van der Waals surface area contributed by atoms with Crippen molar-refractivity contribution in [1.82, 2.24) is 14.9 Å². The number of nitrogens with one attached hydrogen (secondary N) is 2. The van der Waals surface area contributed by atoms with Crippen LogP contribution >= 0.6 is 11.3 Å². The molecule has 0 radical (unpaired) electrons. The number of imide groups is 1. The third kappa shape index (κ3) is 3.69. The van der Waals surface area contributed by atoms with Crippen LogP contribution in [0.25, 0.3) is 22.2 Å². The van der Waals surface area contributed by atoms with E-state index in [0.29, 0.717) is 10.7 Å². The van der Waals surface area contributed by atoms with Crippen molar-refractivity contribution in [2.45, 2.75) is 26.3 Å². The van der Waals surface area contributed by atoms with Crippen LogP contribution in [0.2, 0.25) is 0 Å². The number of likely N-dealkylation sites (tertiary alicyclic amines) is 1. The number of hydrogen-bond donors (Lipinski definition) is 2. The van der Waals surface area contributed by atoms with Gasteiger partial charge in [0, 0.05) is 45.9 Å². The van der Waals surface area contributed by atoms with Crippen LogP contribution in [0.15, 0.2) is 53.9 Å². The number of H-pyrrole nitrogens is 1. The molecule has 5 rings (SSSR count). The lowest BCUT2D eigenvalue weighted by atomic mass is 10.1. The van der Waals surface area contributed by atoms with Gasteiger partial charge in [-0.15, -0.1) is 11.3 Å². The maximum atomic E-state index is 12.7. The predicted molar refractivity (Wildman–Crippen MR) is 123 cm³/mol. The van der Waals surface area contributed by atoms with Gasteiger partial charge in [0.25, 0.3) is 5.91 Å². The van der Waals surface area contributed by atoms with Crippen LogP contribution < -0.4 is 5.32 Å². The van der Waals surface area contributed by atoms with Gasteiger partial charge in [-0.05, 0) is 30.7 Å². The number of aromatic nitrogens is 2. The minimum atomic E-state index is -0.263. The van der Waals surface area contributed by atoms with Gasteiger partial charge in [-0.1, -0.05) is 30.3 Å². The van der Waals surface area contributed by atoms with Crippen molar-refractivity contribution < 1.29 is 14.4 Å². The number of carbonyl (C=O) groups is 3. The van der Waals surface area contributed by atoms with Gasteiger partial charge in [0.2, 0.25) is 11.8 Å². The Hall–Kier alpha value is -3.78. The van der Waals surface area contributed by atoms with Crippen LogP contribution in [-0.2, 0) is 16.1 Å². The molecule has 4 aromatic rings. The van der Waals surface area contributed by atoms with Gasteiger partial charge in [-0.2, -0.15) is 0 Å². The summed E-state index contributed by atoms with van der Waals surface area (Å²) in [4.78, 5) is 45.5. The Kier molecular flexibility index (Phi) is 5.07. The number of benzene rings is 2. The van der Waals surface area contributed by atoms with Gasteiger partial charge in [-0.25, -0.2) is 4.98 Å². The molecular weight excluding hydrogens is 424 g/mol. The molecule has 1 saturated heterocycles. The molecule has 0 spiro atoms. The second-order valence-corrected chi connectivity index (χ2v) is 8.59. The van der Waals surface area contributed by atoms with E-state index in [4.69, 9.17) is 0 Å². The second-order valence-electron chi connectivity index (χ2n) is 7.73. The lowest BCUT2D eigenvalue weighted by molar-refractivity contribution is -0.139. The van der Waals surface area contributed by atoms with Crippen LogP contribution in [0.4, 0.5) is 5.13 Å². The molecule has 7 nitrogen and oxygen atoms in total. The summed E-state index contributed by atoms with van der Waals surface area (Å²) in [7, 11) is 0. The van der Waals surface area contributed by atoms with Crippen LogP contribution in [0, 0.1) is 6.92 Å². The van der Waals surface area contributed by atoms with Gasteiger partial charge in [-0.3, -0.25) is 24.6 Å². The first-order valence-corrected chi connectivity index (χ1v) is 11.1. The highest BCUT2D eigenvalue weighted by atomic mass is 32.1. The number of carbonyl (C=O) groups excluding carboxylic acids is 3. The Bertz CT molecular complexity index is 1340. The Labute approximate surface area is 188 Å². The Balaban J connectivity index is 1.29. The molecule has 3 amide bonds. The summed E-state index contributed by atoms with van der Waals surface area (Å²) in [6.45, 7) is 2.25. The number of amides is 3. The van der Waals surface area contributed by atoms with E-state index in [0.717, 1.165) is 33.4 Å². The average Bonchev–Trinajstić information content (AvgIpc) is 3.46. The van der Waals surface area contributed by atoms with Crippen molar-refractivity contribution in [2.75, 3.05) is 5.32 Å². The number of aryl methyl sites for hydroxylation is 1. The molecule has 8 heteroatoms. The standard InChI is InChI=1S/C24H20N4O3S/c1-14-22(17-4-2-3-5-18(17)25-14)19-13-32-24(26-19)27-23(31)16-8-6-15(7-9-16)12-28-20(29)10-11-21(28)30/h2-9,13,25H,10-12H2,1H3,(H,26,27,31). The largest absolute Gasteiger partial charge is 0.358 e. The molecule has 1 fully saturated rings. The molecule has 1 aliphatic heterocycles. The summed E-state index contributed by atoms with van der Waals surface area (Å²) in [5.41, 5.74) is 5.21.